The Bertz CT molecular complexity index is 506. The first-order valence-corrected chi connectivity index (χ1v) is 5.13. The van der Waals surface area contributed by atoms with Crippen LogP contribution in [0, 0.1) is 0 Å². The molecule has 2 aliphatic rings. The van der Waals surface area contributed by atoms with Gasteiger partial charge in [0.05, 0.1) is 11.3 Å². The van der Waals surface area contributed by atoms with Gasteiger partial charge in [0.15, 0.2) is 5.60 Å². The molecule has 3 rings (SSSR count). The van der Waals surface area contributed by atoms with Gasteiger partial charge in [0.25, 0.3) is 5.91 Å². The number of fused-ring (bicyclic) bond motifs is 1. The van der Waals surface area contributed by atoms with Crippen molar-refractivity contribution in [2.45, 2.75) is 24.6 Å². The molecule has 6 heteroatoms. The van der Waals surface area contributed by atoms with Gasteiger partial charge >= 0.3 is 6.18 Å². The minimum absolute atomic E-state index is 0.0944. The SMILES string of the molecule is O=C1Nc2c(cccc2C(F)(F)F)OC12CC2. The highest BCUT2D eigenvalue weighted by molar-refractivity contribution is 6.03. The molecule has 0 atom stereocenters. The van der Waals surface area contributed by atoms with E-state index in [0.717, 1.165) is 6.07 Å². The van der Waals surface area contributed by atoms with Crippen molar-refractivity contribution in [2.24, 2.45) is 0 Å². The molecule has 17 heavy (non-hydrogen) atoms. The topological polar surface area (TPSA) is 38.3 Å². The van der Waals surface area contributed by atoms with E-state index in [2.05, 4.69) is 5.32 Å². The Kier molecular flexibility index (Phi) is 1.80. The molecule has 0 saturated heterocycles. The van der Waals surface area contributed by atoms with Gasteiger partial charge in [-0.2, -0.15) is 13.2 Å². The molecular weight excluding hydrogens is 235 g/mol. The molecule has 1 aromatic rings. The second kappa shape index (κ2) is 2.94. The summed E-state index contributed by atoms with van der Waals surface area (Å²) in [4.78, 5) is 11.6. The summed E-state index contributed by atoms with van der Waals surface area (Å²) in [7, 11) is 0. The van der Waals surface area contributed by atoms with Crippen LogP contribution >= 0.6 is 0 Å². The number of ether oxygens (including phenoxy) is 1. The first kappa shape index (κ1) is 10.4. The van der Waals surface area contributed by atoms with Gasteiger partial charge in [0.1, 0.15) is 5.75 Å². The molecule has 0 bridgehead atoms. The van der Waals surface area contributed by atoms with Gasteiger partial charge in [-0.3, -0.25) is 4.79 Å². The third-order valence-electron chi connectivity index (χ3n) is 2.99. The number of hydrogen-bond acceptors (Lipinski definition) is 2. The molecule has 1 saturated carbocycles. The first-order valence-electron chi connectivity index (χ1n) is 5.13. The number of amides is 1. The molecular formula is C11H8F3NO2. The lowest BCUT2D eigenvalue weighted by atomic mass is 10.1. The van der Waals surface area contributed by atoms with Gasteiger partial charge in [-0.05, 0) is 12.1 Å². The zero-order valence-corrected chi connectivity index (χ0v) is 8.60. The fourth-order valence-electron chi connectivity index (χ4n) is 1.91. The number of nitrogens with one attached hydrogen (secondary N) is 1. The zero-order chi connectivity index (χ0) is 12.3. The summed E-state index contributed by atoms with van der Waals surface area (Å²) in [6, 6.07) is 3.63. The van der Waals surface area contributed by atoms with Crippen LogP contribution in [0.1, 0.15) is 18.4 Å². The Labute approximate surface area is 94.6 Å². The van der Waals surface area contributed by atoms with Crippen LogP contribution < -0.4 is 10.1 Å². The van der Waals surface area contributed by atoms with Crippen molar-refractivity contribution < 1.29 is 22.7 Å². The molecule has 1 aromatic carbocycles. The smallest absolute Gasteiger partial charge is 0.418 e. The molecule has 1 aliphatic carbocycles. The van der Waals surface area contributed by atoms with Crippen molar-refractivity contribution in [3.63, 3.8) is 0 Å². The van der Waals surface area contributed by atoms with Crippen molar-refractivity contribution in [3.05, 3.63) is 23.8 Å². The Balaban J connectivity index is 2.10. The highest BCUT2D eigenvalue weighted by Gasteiger charge is 2.56. The molecule has 0 radical (unpaired) electrons. The minimum Gasteiger partial charge on any atom is -0.475 e. The standard InChI is InChI=1S/C11H8F3NO2/c12-11(13,14)6-2-1-3-7-8(6)15-9(16)10(17-7)4-5-10/h1-3H,4-5H2,(H,15,16). The highest BCUT2D eigenvalue weighted by Crippen LogP contribution is 2.49. The van der Waals surface area contributed by atoms with Crippen LogP contribution in [0.4, 0.5) is 18.9 Å². The Morgan fingerprint density at radius 2 is 2.00 bits per heavy atom. The van der Waals surface area contributed by atoms with Crippen molar-refractivity contribution in [1.82, 2.24) is 0 Å². The maximum atomic E-state index is 12.7. The third-order valence-corrected chi connectivity index (χ3v) is 2.99. The first-order chi connectivity index (χ1) is 7.92. The molecule has 0 aromatic heterocycles. The number of alkyl halides is 3. The van der Waals surface area contributed by atoms with Crippen LogP contribution in [0.2, 0.25) is 0 Å². The lowest BCUT2D eigenvalue weighted by Gasteiger charge is -2.27. The molecule has 1 heterocycles. The summed E-state index contributed by atoms with van der Waals surface area (Å²) in [5, 5.41) is 2.30. The van der Waals surface area contributed by atoms with Crippen molar-refractivity contribution in [2.75, 3.05) is 5.32 Å². The van der Waals surface area contributed by atoms with Crippen LogP contribution in [0.5, 0.6) is 5.75 Å². The molecule has 1 amide bonds. The van der Waals surface area contributed by atoms with E-state index in [0.29, 0.717) is 12.8 Å². The molecule has 1 aliphatic heterocycles. The third kappa shape index (κ3) is 1.47. The monoisotopic (exact) mass is 243 g/mol. The van der Waals surface area contributed by atoms with E-state index >= 15 is 0 Å². The summed E-state index contributed by atoms with van der Waals surface area (Å²) in [5.74, 6) is -0.390. The highest BCUT2D eigenvalue weighted by atomic mass is 19.4. The van der Waals surface area contributed by atoms with Gasteiger partial charge in [0, 0.05) is 12.8 Å². The van der Waals surface area contributed by atoms with Gasteiger partial charge in [-0.1, -0.05) is 6.07 Å². The van der Waals surface area contributed by atoms with Crippen LogP contribution in [0.25, 0.3) is 0 Å². The predicted octanol–water partition coefficient (Wildman–Crippen LogP) is 2.57. The average Bonchev–Trinajstić information content (AvgIpc) is 2.98. The minimum atomic E-state index is -4.50. The van der Waals surface area contributed by atoms with Gasteiger partial charge in [-0.15, -0.1) is 0 Å². The normalized spacial score (nSPS) is 20.5. The Morgan fingerprint density at radius 3 is 2.59 bits per heavy atom. The van der Waals surface area contributed by atoms with Crippen molar-refractivity contribution in [3.8, 4) is 5.75 Å². The Morgan fingerprint density at radius 1 is 1.29 bits per heavy atom. The number of carbonyl (C=O) groups is 1. The largest absolute Gasteiger partial charge is 0.475 e. The predicted molar refractivity (Wildman–Crippen MR) is 52.7 cm³/mol. The quantitative estimate of drug-likeness (QED) is 0.760. The lowest BCUT2D eigenvalue weighted by molar-refractivity contribution is -0.137. The number of anilines is 1. The maximum absolute atomic E-state index is 12.7. The second-order valence-corrected chi connectivity index (χ2v) is 4.23. The number of benzene rings is 1. The summed E-state index contributed by atoms with van der Waals surface area (Å²) in [5.41, 5.74) is -2.07. The molecule has 90 valence electrons. The van der Waals surface area contributed by atoms with E-state index in [-0.39, 0.29) is 11.4 Å². The van der Waals surface area contributed by atoms with Crippen LogP contribution in [0.3, 0.4) is 0 Å². The maximum Gasteiger partial charge on any atom is 0.418 e. The number of carbonyl (C=O) groups excluding carboxylic acids is 1. The summed E-state index contributed by atoms with van der Waals surface area (Å²) in [6.45, 7) is 0. The van der Waals surface area contributed by atoms with Crippen molar-refractivity contribution >= 4 is 11.6 Å². The van der Waals surface area contributed by atoms with Gasteiger partial charge in [0.2, 0.25) is 0 Å². The van der Waals surface area contributed by atoms with E-state index < -0.39 is 23.2 Å². The van der Waals surface area contributed by atoms with E-state index in [9.17, 15) is 18.0 Å². The summed E-state index contributed by atoms with van der Waals surface area (Å²) in [6.07, 6.45) is -3.40. The van der Waals surface area contributed by atoms with E-state index in [1.807, 2.05) is 0 Å². The number of rotatable bonds is 0. The molecule has 1 fully saturated rings. The van der Waals surface area contributed by atoms with Crippen molar-refractivity contribution in [1.29, 1.82) is 0 Å². The Hall–Kier alpha value is -1.72. The summed E-state index contributed by atoms with van der Waals surface area (Å²) < 4.78 is 43.5. The van der Waals surface area contributed by atoms with Crippen LogP contribution in [0.15, 0.2) is 18.2 Å². The molecule has 1 N–H and O–H groups in total. The van der Waals surface area contributed by atoms with Crippen LogP contribution in [-0.2, 0) is 11.0 Å². The number of halogens is 3. The van der Waals surface area contributed by atoms with E-state index in [1.54, 1.807) is 0 Å². The molecule has 3 nitrogen and oxygen atoms in total. The van der Waals surface area contributed by atoms with E-state index in [4.69, 9.17) is 4.74 Å². The molecule has 0 unspecified atom stereocenters. The lowest BCUT2D eigenvalue weighted by Crippen LogP contribution is -2.39. The number of hydrogen-bond donors (Lipinski definition) is 1. The fourth-order valence-corrected chi connectivity index (χ4v) is 1.91. The van der Waals surface area contributed by atoms with E-state index in [1.165, 1.54) is 12.1 Å². The molecule has 1 spiro atoms. The second-order valence-electron chi connectivity index (χ2n) is 4.23. The van der Waals surface area contributed by atoms with Gasteiger partial charge in [-0.25, -0.2) is 0 Å². The summed E-state index contributed by atoms with van der Waals surface area (Å²) >= 11 is 0. The zero-order valence-electron chi connectivity index (χ0n) is 8.60. The number of para-hydroxylation sites is 1. The van der Waals surface area contributed by atoms with Gasteiger partial charge < -0.3 is 10.1 Å². The average molecular weight is 243 g/mol. The van der Waals surface area contributed by atoms with Crippen LogP contribution in [-0.4, -0.2) is 11.5 Å². The fraction of sp³-hybridized carbons (Fsp3) is 0.364.